The average Bonchev–Trinajstić information content (AvgIpc) is 2.56. The number of esters is 1. The minimum absolute atomic E-state index is 0.0583. The highest BCUT2D eigenvalue weighted by atomic mass is 35.5. The van der Waals surface area contributed by atoms with E-state index in [9.17, 15) is 14.4 Å². The molecule has 2 rings (SSSR count). The molecular formula is C17H21ClN2O4. The van der Waals surface area contributed by atoms with Gasteiger partial charge in [0.05, 0.1) is 16.6 Å². The Hall–Kier alpha value is -2.08. The van der Waals surface area contributed by atoms with E-state index < -0.39 is 23.9 Å². The van der Waals surface area contributed by atoms with Gasteiger partial charge in [-0.3, -0.25) is 14.4 Å². The number of ether oxygens (including phenoxy) is 1. The molecule has 24 heavy (non-hydrogen) atoms. The summed E-state index contributed by atoms with van der Waals surface area (Å²) in [4.78, 5) is 37.4. The minimum Gasteiger partial charge on any atom is -0.452 e. The number of nitrogens with one attached hydrogen (secondary N) is 1. The first-order valence-electron chi connectivity index (χ1n) is 7.90. The first kappa shape index (κ1) is 18.3. The Kier molecular flexibility index (Phi) is 6.20. The molecule has 0 spiro atoms. The molecule has 0 bridgehead atoms. The van der Waals surface area contributed by atoms with E-state index in [1.54, 1.807) is 29.2 Å². The lowest BCUT2D eigenvalue weighted by Crippen LogP contribution is -2.43. The Morgan fingerprint density at radius 1 is 1.33 bits per heavy atom. The maximum Gasteiger partial charge on any atom is 0.311 e. The van der Waals surface area contributed by atoms with E-state index in [4.69, 9.17) is 16.3 Å². The number of anilines is 1. The van der Waals surface area contributed by atoms with Crippen molar-refractivity contribution in [3.63, 3.8) is 0 Å². The zero-order valence-corrected chi connectivity index (χ0v) is 14.5. The molecule has 1 aliphatic rings. The first-order valence-corrected chi connectivity index (χ1v) is 8.27. The van der Waals surface area contributed by atoms with Crippen molar-refractivity contribution in [2.45, 2.75) is 32.8 Å². The van der Waals surface area contributed by atoms with Gasteiger partial charge in [0.2, 0.25) is 5.91 Å². The van der Waals surface area contributed by atoms with Crippen LogP contribution < -0.4 is 5.32 Å². The molecule has 1 aromatic carbocycles. The summed E-state index contributed by atoms with van der Waals surface area (Å²) >= 11 is 5.99. The minimum atomic E-state index is -0.943. The van der Waals surface area contributed by atoms with Crippen LogP contribution in [0.1, 0.15) is 26.7 Å². The van der Waals surface area contributed by atoms with Gasteiger partial charge in [0.25, 0.3) is 5.91 Å². The summed E-state index contributed by atoms with van der Waals surface area (Å²) in [7, 11) is 0. The average molecular weight is 353 g/mol. The lowest BCUT2D eigenvalue weighted by Gasteiger charge is -2.31. The van der Waals surface area contributed by atoms with E-state index in [2.05, 4.69) is 5.32 Å². The third-order valence-electron chi connectivity index (χ3n) is 3.99. The maximum absolute atomic E-state index is 12.2. The van der Waals surface area contributed by atoms with E-state index in [0.29, 0.717) is 30.2 Å². The standard InChI is InChI=1S/C17H21ClN2O4/c1-11(16(22)19-15-8-4-3-7-14(15)18)24-17(23)13-6-5-9-20(10-13)12(2)21/h3-4,7-8,11,13H,5-6,9-10H2,1-2H3,(H,19,22). The third-order valence-corrected chi connectivity index (χ3v) is 4.32. The number of hydrogen-bond donors (Lipinski definition) is 1. The number of amides is 2. The number of carbonyl (C=O) groups is 3. The number of hydrogen-bond acceptors (Lipinski definition) is 4. The zero-order valence-electron chi connectivity index (χ0n) is 13.8. The summed E-state index contributed by atoms with van der Waals surface area (Å²) < 4.78 is 5.26. The van der Waals surface area contributed by atoms with Gasteiger partial charge in [-0.25, -0.2) is 0 Å². The van der Waals surface area contributed by atoms with Crippen molar-refractivity contribution in [1.82, 2.24) is 4.90 Å². The van der Waals surface area contributed by atoms with Gasteiger partial charge >= 0.3 is 5.97 Å². The molecule has 0 saturated carbocycles. The van der Waals surface area contributed by atoms with Crippen molar-refractivity contribution in [1.29, 1.82) is 0 Å². The Morgan fingerprint density at radius 2 is 2.04 bits per heavy atom. The van der Waals surface area contributed by atoms with E-state index >= 15 is 0 Å². The normalized spacial score (nSPS) is 18.6. The maximum atomic E-state index is 12.2. The molecule has 1 fully saturated rings. The molecule has 0 radical (unpaired) electrons. The second kappa shape index (κ2) is 8.15. The lowest BCUT2D eigenvalue weighted by molar-refractivity contribution is -0.159. The molecule has 1 saturated heterocycles. The van der Waals surface area contributed by atoms with Crippen molar-refractivity contribution < 1.29 is 19.1 Å². The second-order valence-electron chi connectivity index (χ2n) is 5.85. The van der Waals surface area contributed by atoms with Gasteiger partial charge in [0.15, 0.2) is 6.10 Å². The molecule has 6 nitrogen and oxygen atoms in total. The van der Waals surface area contributed by atoms with Crippen molar-refractivity contribution in [2.75, 3.05) is 18.4 Å². The van der Waals surface area contributed by atoms with Crippen molar-refractivity contribution in [2.24, 2.45) is 5.92 Å². The quantitative estimate of drug-likeness (QED) is 0.844. The molecule has 0 aromatic heterocycles. The van der Waals surface area contributed by atoms with Crippen LogP contribution in [0, 0.1) is 5.92 Å². The van der Waals surface area contributed by atoms with Crippen LogP contribution >= 0.6 is 11.6 Å². The molecule has 1 heterocycles. The first-order chi connectivity index (χ1) is 11.4. The van der Waals surface area contributed by atoms with E-state index in [1.165, 1.54) is 13.8 Å². The smallest absolute Gasteiger partial charge is 0.311 e. The summed E-state index contributed by atoms with van der Waals surface area (Å²) in [5, 5.41) is 3.04. The topological polar surface area (TPSA) is 75.7 Å². The Labute approximate surface area is 146 Å². The van der Waals surface area contributed by atoms with Gasteiger partial charge in [0.1, 0.15) is 0 Å². The van der Waals surface area contributed by atoms with Crippen molar-refractivity contribution >= 4 is 35.1 Å². The van der Waals surface area contributed by atoms with Crippen molar-refractivity contribution in [3.8, 4) is 0 Å². The van der Waals surface area contributed by atoms with E-state index in [1.807, 2.05) is 0 Å². The van der Waals surface area contributed by atoms with Crippen LogP contribution in [-0.2, 0) is 19.1 Å². The fourth-order valence-electron chi connectivity index (χ4n) is 2.58. The monoisotopic (exact) mass is 352 g/mol. The van der Waals surface area contributed by atoms with Crippen LogP contribution in [0.3, 0.4) is 0 Å². The summed E-state index contributed by atoms with van der Waals surface area (Å²) in [6.45, 7) is 3.98. The molecule has 1 aromatic rings. The third kappa shape index (κ3) is 4.71. The number of piperidine rings is 1. The molecule has 130 valence electrons. The predicted molar refractivity (Wildman–Crippen MR) is 90.6 cm³/mol. The van der Waals surface area contributed by atoms with Gasteiger partial charge in [-0.15, -0.1) is 0 Å². The number of nitrogens with zero attached hydrogens (tertiary/aromatic N) is 1. The molecular weight excluding hydrogens is 332 g/mol. The van der Waals surface area contributed by atoms with Gasteiger partial charge in [-0.05, 0) is 31.9 Å². The number of rotatable bonds is 4. The number of likely N-dealkylation sites (tertiary alicyclic amines) is 1. The molecule has 0 aliphatic carbocycles. The fourth-order valence-corrected chi connectivity index (χ4v) is 2.76. The SMILES string of the molecule is CC(=O)N1CCCC(C(=O)OC(C)C(=O)Nc2ccccc2Cl)C1. The highest BCUT2D eigenvalue weighted by molar-refractivity contribution is 6.33. The predicted octanol–water partition coefficient (Wildman–Crippen LogP) is 2.47. The molecule has 2 atom stereocenters. The van der Waals surface area contributed by atoms with E-state index in [-0.39, 0.29) is 5.91 Å². The Morgan fingerprint density at radius 3 is 2.71 bits per heavy atom. The lowest BCUT2D eigenvalue weighted by atomic mass is 9.98. The van der Waals surface area contributed by atoms with Crippen molar-refractivity contribution in [3.05, 3.63) is 29.3 Å². The molecule has 2 unspecified atom stereocenters. The summed E-state index contributed by atoms with van der Waals surface area (Å²) in [5.74, 6) is -1.35. The van der Waals surface area contributed by atoms with Crippen LogP contribution in [0.25, 0.3) is 0 Å². The van der Waals surface area contributed by atoms with Crippen LogP contribution in [0.15, 0.2) is 24.3 Å². The van der Waals surface area contributed by atoms with Gasteiger partial charge < -0.3 is 15.0 Å². The molecule has 1 N–H and O–H groups in total. The molecule has 7 heteroatoms. The van der Waals surface area contributed by atoms with E-state index in [0.717, 1.165) is 6.42 Å². The number of halogens is 1. The van der Waals surface area contributed by atoms with Crippen LogP contribution in [0.4, 0.5) is 5.69 Å². The zero-order chi connectivity index (χ0) is 17.7. The Bertz CT molecular complexity index is 635. The van der Waals surface area contributed by atoms with Crippen LogP contribution in [0.2, 0.25) is 5.02 Å². The number of benzene rings is 1. The molecule has 2 amide bonds. The number of para-hydroxylation sites is 1. The van der Waals surface area contributed by atoms with Crippen LogP contribution in [0.5, 0.6) is 0 Å². The second-order valence-corrected chi connectivity index (χ2v) is 6.26. The van der Waals surface area contributed by atoms with Gasteiger partial charge in [-0.2, -0.15) is 0 Å². The highest BCUT2D eigenvalue weighted by Crippen LogP contribution is 2.22. The Balaban J connectivity index is 1.90. The van der Waals surface area contributed by atoms with Crippen LogP contribution in [-0.4, -0.2) is 41.9 Å². The largest absolute Gasteiger partial charge is 0.452 e. The molecule has 1 aliphatic heterocycles. The summed E-state index contributed by atoms with van der Waals surface area (Å²) in [5.41, 5.74) is 0.465. The van der Waals surface area contributed by atoms with Gasteiger partial charge in [0, 0.05) is 20.0 Å². The fraction of sp³-hybridized carbons (Fsp3) is 0.471. The summed E-state index contributed by atoms with van der Waals surface area (Å²) in [6.07, 6.45) is 0.461. The number of carbonyl (C=O) groups excluding carboxylic acids is 3. The highest BCUT2D eigenvalue weighted by Gasteiger charge is 2.30. The van der Waals surface area contributed by atoms with Gasteiger partial charge in [-0.1, -0.05) is 23.7 Å². The summed E-state index contributed by atoms with van der Waals surface area (Å²) in [6, 6.07) is 6.83.